The van der Waals surface area contributed by atoms with Crippen molar-refractivity contribution in [2.45, 2.75) is 33.2 Å². The summed E-state index contributed by atoms with van der Waals surface area (Å²) in [7, 11) is 1.73. The van der Waals surface area contributed by atoms with Crippen LogP contribution in [0, 0.1) is 13.8 Å². The van der Waals surface area contributed by atoms with E-state index in [2.05, 4.69) is 37.1 Å². The highest BCUT2D eigenvalue weighted by atomic mass is 16.5. The van der Waals surface area contributed by atoms with Crippen LogP contribution in [0.15, 0.2) is 12.3 Å². The van der Waals surface area contributed by atoms with Gasteiger partial charge in [0.15, 0.2) is 0 Å². The minimum Gasteiger partial charge on any atom is -0.383 e. The number of ether oxygens (including phenoxy) is 1. The van der Waals surface area contributed by atoms with Crippen LogP contribution >= 0.6 is 0 Å². The Balaban J connectivity index is 2.82. The first-order chi connectivity index (χ1) is 7.69. The Labute approximate surface area is 98.2 Å². The minimum absolute atomic E-state index is 0.200. The number of methoxy groups -OCH3 is 1. The van der Waals surface area contributed by atoms with Crippen molar-refractivity contribution in [2.75, 3.05) is 20.3 Å². The second-order valence-corrected chi connectivity index (χ2v) is 4.18. The van der Waals surface area contributed by atoms with Gasteiger partial charge >= 0.3 is 0 Å². The molecule has 0 amide bonds. The number of nitrogens with one attached hydrogen (secondary N) is 1. The van der Waals surface area contributed by atoms with E-state index in [0.29, 0.717) is 6.61 Å². The Kier molecular flexibility index (Phi) is 5.43. The summed E-state index contributed by atoms with van der Waals surface area (Å²) in [5.74, 6) is 0. The van der Waals surface area contributed by atoms with Gasteiger partial charge in [-0.25, -0.2) is 0 Å². The average Bonchev–Trinajstić information content (AvgIpc) is 2.25. The van der Waals surface area contributed by atoms with Gasteiger partial charge < -0.3 is 10.1 Å². The number of hydrogen-bond donors (Lipinski definition) is 1. The van der Waals surface area contributed by atoms with E-state index in [9.17, 15) is 0 Å². The molecule has 3 heteroatoms. The number of aryl methyl sites for hydroxylation is 2. The summed E-state index contributed by atoms with van der Waals surface area (Å²) in [6, 6.07) is 2.36. The third-order valence-corrected chi connectivity index (χ3v) is 2.56. The fourth-order valence-corrected chi connectivity index (χ4v) is 1.81. The molecule has 1 N–H and O–H groups in total. The summed E-state index contributed by atoms with van der Waals surface area (Å²) >= 11 is 0. The average molecular weight is 222 g/mol. The molecule has 1 rings (SSSR count). The standard InChI is InChI=1S/C13H22N2O/c1-5-6-14-12(9-16-4)13-11(3)7-10(2)8-15-13/h7-8,12,14H,5-6,9H2,1-4H3. The van der Waals surface area contributed by atoms with Crippen molar-refractivity contribution < 1.29 is 4.74 Å². The summed E-state index contributed by atoms with van der Waals surface area (Å²) in [5.41, 5.74) is 3.53. The molecule has 0 spiro atoms. The van der Waals surface area contributed by atoms with Crippen molar-refractivity contribution in [1.29, 1.82) is 0 Å². The van der Waals surface area contributed by atoms with Crippen LogP contribution in [0.3, 0.4) is 0 Å². The van der Waals surface area contributed by atoms with Crippen molar-refractivity contribution in [3.8, 4) is 0 Å². The number of nitrogens with zero attached hydrogens (tertiary/aromatic N) is 1. The maximum Gasteiger partial charge on any atom is 0.0735 e. The zero-order valence-electron chi connectivity index (χ0n) is 10.7. The van der Waals surface area contributed by atoms with Crippen LogP contribution in [0.5, 0.6) is 0 Å². The molecule has 0 saturated carbocycles. The number of pyridine rings is 1. The third kappa shape index (κ3) is 3.58. The quantitative estimate of drug-likeness (QED) is 0.802. The highest BCUT2D eigenvalue weighted by Gasteiger charge is 2.14. The molecule has 0 aromatic carbocycles. The zero-order valence-corrected chi connectivity index (χ0v) is 10.7. The molecular weight excluding hydrogens is 200 g/mol. The fraction of sp³-hybridized carbons (Fsp3) is 0.615. The van der Waals surface area contributed by atoms with E-state index in [4.69, 9.17) is 4.74 Å². The molecule has 0 saturated heterocycles. The molecule has 1 aromatic heterocycles. The highest BCUT2D eigenvalue weighted by Crippen LogP contribution is 2.16. The molecule has 0 aliphatic carbocycles. The van der Waals surface area contributed by atoms with E-state index < -0.39 is 0 Å². The lowest BCUT2D eigenvalue weighted by molar-refractivity contribution is 0.165. The highest BCUT2D eigenvalue weighted by molar-refractivity contribution is 5.25. The van der Waals surface area contributed by atoms with Gasteiger partial charge in [-0.2, -0.15) is 0 Å². The molecule has 1 atom stereocenters. The molecular formula is C13H22N2O. The van der Waals surface area contributed by atoms with E-state index in [1.165, 1.54) is 11.1 Å². The van der Waals surface area contributed by atoms with E-state index in [-0.39, 0.29) is 6.04 Å². The van der Waals surface area contributed by atoms with Gasteiger partial charge in [-0.05, 0) is 37.9 Å². The van der Waals surface area contributed by atoms with Crippen LogP contribution in [0.4, 0.5) is 0 Å². The lowest BCUT2D eigenvalue weighted by Crippen LogP contribution is -2.27. The molecule has 1 heterocycles. The van der Waals surface area contributed by atoms with Gasteiger partial charge in [-0.3, -0.25) is 4.98 Å². The molecule has 1 unspecified atom stereocenters. The van der Waals surface area contributed by atoms with Crippen molar-refractivity contribution in [2.24, 2.45) is 0 Å². The second kappa shape index (κ2) is 6.61. The number of aromatic nitrogens is 1. The van der Waals surface area contributed by atoms with Crippen molar-refractivity contribution in [3.05, 3.63) is 29.1 Å². The Morgan fingerprint density at radius 2 is 2.19 bits per heavy atom. The first-order valence-electron chi connectivity index (χ1n) is 5.84. The van der Waals surface area contributed by atoms with E-state index in [0.717, 1.165) is 18.7 Å². The van der Waals surface area contributed by atoms with Crippen LogP contribution in [-0.4, -0.2) is 25.2 Å². The minimum atomic E-state index is 0.200. The summed E-state index contributed by atoms with van der Waals surface area (Å²) in [4.78, 5) is 4.51. The van der Waals surface area contributed by atoms with Crippen LogP contribution in [0.2, 0.25) is 0 Å². The zero-order chi connectivity index (χ0) is 12.0. The monoisotopic (exact) mass is 222 g/mol. The first-order valence-corrected chi connectivity index (χ1v) is 5.84. The first kappa shape index (κ1) is 13.1. The molecule has 0 aliphatic rings. The smallest absolute Gasteiger partial charge is 0.0735 e. The fourth-order valence-electron chi connectivity index (χ4n) is 1.81. The lowest BCUT2D eigenvalue weighted by atomic mass is 10.1. The molecule has 0 aliphatic heterocycles. The Morgan fingerprint density at radius 3 is 2.75 bits per heavy atom. The maximum absolute atomic E-state index is 5.24. The van der Waals surface area contributed by atoms with Gasteiger partial charge in [0.25, 0.3) is 0 Å². The largest absolute Gasteiger partial charge is 0.383 e. The number of hydrogen-bond acceptors (Lipinski definition) is 3. The SMILES string of the molecule is CCCNC(COC)c1ncc(C)cc1C. The van der Waals surface area contributed by atoms with E-state index in [1.54, 1.807) is 7.11 Å². The van der Waals surface area contributed by atoms with Gasteiger partial charge in [0.1, 0.15) is 0 Å². The van der Waals surface area contributed by atoms with Gasteiger partial charge in [-0.15, -0.1) is 0 Å². The molecule has 90 valence electrons. The molecule has 0 radical (unpaired) electrons. The predicted molar refractivity (Wildman–Crippen MR) is 66.6 cm³/mol. The molecule has 1 aromatic rings. The lowest BCUT2D eigenvalue weighted by Gasteiger charge is -2.19. The Bertz CT molecular complexity index is 326. The molecule has 0 fully saturated rings. The topological polar surface area (TPSA) is 34.1 Å². The molecule has 3 nitrogen and oxygen atoms in total. The second-order valence-electron chi connectivity index (χ2n) is 4.18. The Hall–Kier alpha value is -0.930. The van der Waals surface area contributed by atoms with E-state index >= 15 is 0 Å². The van der Waals surface area contributed by atoms with Crippen LogP contribution < -0.4 is 5.32 Å². The van der Waals surface area contributed by atoms with Crippen LogP contribution in [-0.2, 0) is 4.74 Å². The van der Waals surface area contributed by atoms with Gasteiger partial charge in [0.05, 0.1) is 18.3 Å². The Morgan fingerprint density at radius 1 is 1.44 bits per heavy atom. The number of rotatable bonds is 6. The third-order valence-electron chi connectivity index (χ3n) is 2.56. The van der Waals surface area contributed by atoms with Crippen molar-refractivity contribution in [1.82, 2.24) is 10.3 Å². The maximum atomic E-state index is 5.24. The van der Waals surface area contributed by atoms with Crippen LogP contribution in [0.25, 0.3) is 0 Å². The summed E-state index contributed by atoms with van der Waals surface area (Å²) in [6.45, 7) is 7.98. The molecule has 0 bridgehead atoms. The summed E-state index contributed by atoms with van der Waals surface area (Å²) < 4.78 is 5.24. The van der Waals surface area contributed by atoms with Crippen molar-refractivity contribution >= 4 is 0 Å². The van der Waals surface area contributed by atoms with Crippen LogP contribution in [0.1, 0.15) is 36.2 Å². The predicted octanol–water partition coefficient (Wildman–Crippen LogP) is 2.39. The normalized spacial score (nSPS) is 12.8. The van der Waals surface area contributed by atoms with Crippen molar-refractivity contribution in [3.63, 3.8) is 0 Å². The van der Waals surface area contributed by atoms with E-state index in [1.807, 2.05) is 6.20 Å². The summed E-state index contributed by atoms with van der Waals surface area (Å²) in [6.07, 6.45) is 3.03. The van der Waals surface area contributed by atoms with Gasteiger partial charge in [-0.1, -0.05) is 13.0 Å². The molecule has 16 heavy (non-hydrogen) atoms. The summed E-state index contributed by atoms with van der Waals surface area (Å²) in [5, 5.41) is 3.46. The van der Waals surface area contributed by atoms with Gasteiger partial charge in [0, 0.05) is 13.3 Å². The van der Waals surface area contributed by atoms with Gasteiger partial charge in [0.2, 0.25) is 0 Å².